The summed E-state index contributed by atoms with van der Waals surface area (Å²) >= 11 is 6.59. The van der Waals surface area contributed by atoms with Gasteiger partial charge in [0.25, 0.3) is 5.56 Å². The number of Topliss-reactive ketones (excluding diaryl/α,β-unsaturated/α-hetero) is 1. The summed E-state index contributed by atoms with van der Waals surface area (Å²) in [4.78, 5) is 32.2. The lowest BCUT2D eigenvalue weighted by molar-refractivity contribution is 0.0984. The number of ketones is 1. The smallest absolute Gasteiger partial charge is 0.297 e. The molecule has 0 saturated heterocycles. The number of carbonyl (C=O) groups excluding carboxylic acids is 1. The fourth-order valence-electron chi connectivity index (χ4n) is 3.91. The number of aromatic hydroxyl groups is 1. The van der Waals surface area contributed by atoms with Crippen LogP contribution in [0.5, 0.6) is 5.75 Å². The van der Waals surface area contributed by atoms with Gasteiger partial charge in [0.1, 0.15) is 6.26 Å². The number of halogens is 1. The van der Waals surface area contributed by atoms with Gasteiger partial charge in [-0.3, -0.25) is 14.2 Å². The molecule has 1 unspecified atom stereocenters. The van der Waals surface area contributed by atoms with Crippen molar-refractivity contribution in [3.8, 4) is 5.75 Å². The Bertz CT molecular complexity index is 1350. The number of carbonyl (C=O) groups is 1. The molecule has 0 bridgehead atoms. The zero-order chi connectivity index (χ0) is 24.2. The van der Waals surface area contributed by atoms with Crippen molar-refractivity contribution in [3.63, 3.8) is 0 Å². The molecule has 1 atom stereocenters. The first kappa shape index (κ1) is 23.3. The van der Waals surface area contributed by atoms with Gasteiger partial charge < -0.3 is 14.5 Å². The quantitative estimate of drug-likeness (QED) is 0.379. The SMILES string of the molecule is CCN(c1nc(C(=O)Cc2cnoc2)c(O)c(=O)n1C)C(c1ccccc1)c1ccccc1Cl. The summed E-state index contributed by atoms with van der Waals surface area (Å²) in [5, 5.41) is 14.6. The number of aromatic nitrogens is 3. The van der Waals surface area contributed by atoms with E-state index in [2.05, 4.69) is 10.1 Å². The van der Waals surface area contributed by atoms with Crippen molar-refractivity contribution in [3.05, 3.63) is 105 Å². The molecule has 34 heavy (non-hydrogen) atoms. The molecule has 0 aliphatic rings. The Kier molecular flexibility index (Phi) is 6.79. The van der Waals surface area contributed by atoms with E-state index in [0.717, 1.165) is 11.1 Å². The van der Waals surface area contributed by atoms with E-state index < -0.39 is 23.1 Å². The molecule has 2 aromatic heterocycles. The molecule has 1 N–H and O–H groups in total. The van der Waals surface area contributed by atoms with Gasteiger partial charge in [-0.1, -0.05) is 65.3 Å². The van der Waals surface area contributed by atoms with Crippen LogP contribution in [0.2, 0.25) is 5.02 Å². The summed E-state index contributed by atoms with van der Waals surface area (Å²) in [5.74, 6) is -0.991. The molecule has 0 fully saturated rings. The number of nitrogens with zero attached hydrogens (tertiary/aromatic N) is 4. The Balaban J connectivity index is 1.87. The highest BCUT2D eigenvalue weighted by Crippen LogP contribution is 2.35. The lowest BCUT2D eigenvalue weighted by atomic mass is 9.97. The molecule has 0 radical (unpaired) electrons. The lowest BCUT2D eigenvalue weighted by Gasteiger charge is -2.34. The van der Waals surface area contributed by atoms with Crippen LogP contribution >= 0.6 is 11.6 Å². The zero-order valence-corrected chi connectivity index (χ0v) is 19.4. The van der Waals surface area contributed by atoms with Crippen molar-refractivity contribution in [2.24, 2.45) is 7.05 Å². The minimum atomic E-state index is -0.719. The summed E-state index contributed by atoms with van der Waals surface area (Å²) in [6.07, 6.45) is 2.62. The highest BCUT2D eigenvalue weighted by Gasteiger charge is 2.29. The van der Waals surface area contributed by atoms with Gasteiger partial charge in [-0.2, -0.15) is 0 Å². The monoisotopic (exact) mass is 478 g/mol. The van der Waals surface area contributed by atoms with Crippen molar-refractivity contribution in [1.82, 2.24) is 14.7 Å². The molecule has 4 rings (SSSR count). The summed E-state index contributed by atoms with van der Waals surface area (Å²) in [5.41, 5.74) is 1.24. The third-order valence-corrected chi connectivity index (χ3v) is 5.92. The van der Waals surface area contributed by atoms with Gasteiger partial charge in [-0.05, 0) is 24.1 Å². The van der Waals surface area contributed by atoms with E-state index in [-0.39, 0.29) is 18.1 Å². The standard InChI is InChI=1S/C25H23ClN4O4/c1-3-30(22(17-9-5-4-6-10-17)18-11-7-8-12-19(18)26)25-28-21(23(32)24(33)29(25)2)20(31)13-16-14-27-34-15-16/h4-12,14-15,22,32H,3,13H2,1-2H3. The maximum Gasteiger partial charge on any atom is 0.297 e. The van der Waals surface area contributed by atoms with Crippen LogP contribution < -0.4 is 10.5 Å². The van der Waals surface area contributed by atoms with E-state index in [0.29, 0.717) is 17.1 Å². The normalized spacial score (nSPS) is 11.9. The highest BCUT2D eigenvalue weighted by molar-refractivity contribution is 6.31. The van der Waals surface area contributed by atoms with E-state index in [1.54, 1.807) is 6.07 Å². The second-order valence-corrected chi connectivity index (χ2v) is 8.13. The Morgan fingerprint density at radius 3 is 2.53 bits per heavy atom. The fourth-order valence-corrected chi connectivity index (χ4v) is 4.15. The minimum Gasteiger partial charge on any atom is -0.501 e. The summed E-state index contributed by atoms with van der Waals surface area (Å²) in [6.45, 7) is 2.36. The van der Waals surface area contributed by atoms with Gasteiger partial charge in [0, 0.05) is 30.6 Å². The number of hydrogen-bond donors (Lipinski definition) is 1. The molecule has 174 valence electrons. The van der Waals surface area contributed by atoms with Gasteiger partial charge in [0.05, 0.1) is 12.2 Å². The second kappa shape index (κ2) is 9.93. The van der Waals surface area contributed by atoms with Crippen molar-refractivity contribution in [2.45, 2.75) is 19.4 Å². The van der Waals surface area contributed by atoms with Crippen LogP contribution in [0, 0.1) is 0 Å². The van der Waals surface area contributed by atoms with E-state index in [4.69, 9.17) is 16.1 Å². The van der Waals surface area contributed by atoms with Gasteiger partial charge in [-0.15, -0.1) is 0 Å². The van der Waals surface area contributed by atoms with Gasteiger partial charge in [0.2, 0.25) is 11.7 Å². The van der Waals surface area contributed by atoms with Crippen LogP contribution in [0.4, 0.5) is 5.95 Å². The molecule has 2 aromatic carbocycles. The van der Waals surface area contributed by atoms with Crippen LogP contribution in [-0.4, -0.2) is 32.1 Å². The molecular formula is C25H23ClN4O4. The average molecular weight is 479 g/mol. The first-order valence-electron chi connectivity index (χ1n) is 10.7. The predicted molar refractivity (Wildman–Crippen MR) is 128 cm³/mol. The van der Waals surface area contributed by atoms with E-state index >= 15 is 0 Å². The molecular weight excluding hydrogens is 456 g/mol. The first-order chi connectivity index (χ1) is 16.4. The van der Waals surface area contributed by atoms with E-state index in [1.165, 1.54) is 24.1 Å². The van der Waals surface area contributed by atoms with Crippen molar-refractivity contribution < 1.29 is 14.4 Å². The average Bonchev–Trinajstić information content (AvgIpc) is 3.36. The maximum absolute atomic E-state index is 12.9. The Morgan fingerprint density at radius 1 is 1.18 bits per heavy atom. The van der Waals surface area contributed by atoms with Crippen LogP contribution in [0.1, 0.15) is 40.1 Å². The molecule has 0 aliphatic heterocycles. The fraction of sp³-hybridized carbons (Fsp3) is 0.200. The molecule has 8 nitrogen and oxygen atoms in total. The Labute approximate surface area is 201 Å². The predicted octanol–water partition coefficient (Wildman–Crippen LogP) is 4.17. The number of benzene rings is 2. The molecule has 9 heteroatoms. The molecule has 2 heterocycles. The van der Waals surface area contributed by atoms with E-state index in [9.17, 15) is 14.7 Å². The van der Waals surface area contributed by atoms with Crippen LogP contribution in [0.25, 0.3) is 0 Å². The minimum absolute atomic E-state index is 0.116. The van der Waals surface area contributed by atoms with Crippen LogP contribution in [0.15, 0.2) is 76.4 Å². The number of rotatable bonds is 8. The van der Waals surface area contributed by atoms with Gasteiger partial charge in [0.15, 0.2) is 11.5 Å². The van der Waals surface area contributed by atoms with Crippen molar-refractivity contribution >= 4 is 23.3 Å². The van der Waals surface area contributed by atoms with E-state index in [1.807, 2.05) is 60.4 Å². The largest absolute Gasteiger partial charge is 0.501 e. The highest BCUT2D eigenvalue weighted by atomic mass is 35.5. The number of hydrogen-bond acceptors (Lipinski definition) is 7. The third kappa shape index (κ3) is 4.45. The molecule has 4 aromatic rings. The van der Waals surface area contributed by atoms with Gasteiger partial charge >= 0.3 is 0 Å². The topological polar surface area (TPSA) is 101 Å². The maximum atomic E-state index is 12.9. The van der Waals surface area contributed by atoms with Gasteiger partial charge in [-0.25, -0.2) is 4.98 Å². The van der Waals surface area contributed by atoms with Crippen LogP contribution in [0.3, 0.4) is 0 Å². The molecule has 0 saturated carbocycles. The number of anilines is 1. The zero-order valence-electron chi connectivity index (χ0n) is 18.7. The van der Waals surface area contributed by atoms with Crippen molar-refractivity contribution in [2.75, 3.05) is 11.4 Å². The summed E-state index contributed by atoms with van der Waals surface area (Å²) < 4.78 is 6.01. The van der Waals surface area contributed by atoms with Crippen molar-refractivity contribution in [1.29, 1.82) is 0 Å². The Hall–Kier alpha value is -3.91. The lowest BCUT2D eigenvalue weighted by Crippen LogP contribution is -2.36. The Morgan fingerprint density at radius 2 is 1.88 bits per heavy atom. The molecule has 0 amide bonds. The third-order valence-electron chi connectivity index (χ3n) is 5.58. The second-order valence-electron chi connectivity index (χ2n) is 7.73. The molecule has 0 aliphatic carbocycles. The summed E-state index contributed by atoms with van der Waals surface area (Å²) in [6, 6.07) is 16.7. The molecule has 0 spiro atoms. The summed E-state index contributed by atoms with van der Waals surface area (Å²) in [7, 11) is 1.51. The first-order valence-corrected chi connectivity index (χ1v) is 11.1. The van der Waals surface area contributed by atoms with Crippen LogP contribution in [-0.2, 0) is 13.5 Å².